The van der Waals surface area contributed by atoms with Gasteiger partial charge >= 0.3 is 6.09 Å². The standard InChI is InChI=1S/C27H37N3O5/c1-16(2)30(21(31)15-28-26(34)35-27(6,7)8)23(20-14-10-13-19(5)24(20)32)25(33)29-22-17(3)11-9-12-18(22)4/h9-14,16,23,32H,15H2,1-8H3,(H,28,34)(H,29,33). The monoisotopic (exact) mass is 483 g/mol. The third kappa shape index (κ3) is 7.21. The third-order valence-electron chi connectivity index (χ3n) is 5.45. The summed E-state index contributed by atoms with van der Waals surface area (Å²) < 4.78 is 5.22. The number of alkyl carbamates (subject to hydrolysis) is 1. The van der Waals surface area contributed by atoms with Crippen molar-refractivity contribution in [2.75, 3.05) is 11.9 Å². The van der Waals surface area contributed by atoms with Crippen molar-refractivity contribution in [1.29, 1.82) is 0 Å². The summed E-state index contributed by atoms with van der Waals surface area (Å²) >= 11 is 0. The van der Waals surface area contributed by atoms with Gasteiger partial charge in [-0.3, -0.25) is 9.59 Å². The van der Waals surface area contributed by atoms with Crippen LogP contribution in [-0.2, 0) is 14.3 Å². The molecule has 0 aliphatic carbocycles. The fourth-order valence-electron chi connectivity index (χ4n) is 3.81. The minimum Gasteiger partial charge on any atom is -0.507 e. The first-order valence-corrected chi connectivity index (χ1v) is 11.7. The Balaban J connectivity index is 2.46. The normalized spacial score (nSPS) is 12.1. The molecule has 0 aliphatic heterocycles. The second-order valence-corrected chi connectivity index (χ2v) is 9.92. The number of benzene rings is 2. The van der Waals surface area contributed by atoms with Crippen LogP contribution in [0.3, 0.4) is 0 Å². The Morgan fingerprint density at radius 1 is 0.971 bits per heavy atom. The molecule has 0 fully saturated rings. The maximum atomic E-state index is 13.7. The maximum Gasteiger partial charge on any atom is 0.408 e. The number of hydrogen-bond acceptors (Lipinski definition) is 5. The number of hydrogen-bond donors (Lipinski definition) is 3. The Bertz CT molecular complexity index is 1070. The van der Waals surface area contributed by atoms with Gasteiger partial charge in [-0.25, -0.2) is 4.79 Å². The Morgan fingerprint density at radius 3 is 2.06 bits per heavy atom. The van der Waals surface area contributed by atoms with Crippen molar-refractivity contribution in [3.05, 3.63) is 58.7 Å². The number of rotatable bonds is 7. The van der Waals surface area contributed by atoms with Crippen LogP contribution < -0.4 is 10.6 Å². The van der Waals surface area contributed by atoms with Crippen molar-refractivity contribution in [3.8, 4) is 5.75 Å². The van der Waals surface area contributed by atoms with E-state index in [-0.39, 0.29) is 12.3 Å². The number of anilines is 1. The fourth-order valence-corrected chi connectivity index (χ4v) is 3.81. The summed E-state index contributed by atoms with van der Waals surface area (Å²) in [5, 5.41) is 16.3. The molecule has 0 spiro atoms. The number of nitrogens with zero attached hydrogens (tertiary/aromatic N) is 1. The van der Waals surface area contributed by atoms with E-state index < -0.39 is 35.6 Å². The van der Waals surface area contributed by atoms with Crippen LogP contribution in [0.15, 0.2) is 36.4 Å². The molecule has 8 nitrogen and oxygen atoms in total. The summed E-state index contributed by atoms with van der Waals surface area (Å²) in [6.07, 6.45) is -0.732. The highest BCUT2D eigenvalue weighted by Crippen LogP contribution is 2.34. The summed E-state index contributed by atoms with van der Waals surface area (Å²) in [6, 6.07) is 9.20. The van der Waals surface area contributed by atoms with Crippen molar-refractivity contribution < 1.29 is 24.2 Å². The topological polar surface area (TPSA) is 108 Å². The van der Waals surface area contributed by atoms with E-state index in [0.717, 1.165) is 11.1 Å². The number of amides is 3. The summed E-state index contributed by atoms with van der Waals surface area (Å²) in [5.41, 5.74) is 2.56. The van der Waals surface area contributed by atoms with Crippen LogP contribution >= 0.6 is 0 Å². The van der Waals surface area contributed by atoms with Crippen LogP contribution in [0.1, 0.15) is 62.9 Å². The lowest BCUT2D eigenvalue weighted by molar-refractivity contribution is -0.140. The Kier molecular flexibility index (Phi) is 8.90. The van der Waals surface area contributed by atoms with Crippen LogP contribution in [-0.4, -0.2) is 46.1 Å². The predicted octanol–water partition coefficient (Wildman–Crippen LogP) is 4.76. The quantitative estimate of drug-likeness (QED) is 0.526. The van der Waals surface area contributed by atoms with E-state index in [0.29, 0.717) is 16.8 Å². The van der Waals surface area contributed by atoms with Gasteiger partial charge in [0.25, 0.3) is 5.91 Å². The molecule has 8 heteroatoms. The van der Waals surface area contributed by atoms with Crippen LogP contribution in [0.4, 0.5) is 10.5 Å². The van der Waals surface area contributed by atoms with Gasteiger partial charge in [-0.05, 0) is 72.1 Å². The molecule has 0 aliphatic rings. The van der Waals surface area contributed by atoms with Gasteiger partial charge in [0.15, 0.2) is 0 Å². The lowest BCUT2D eigenvalue weighted by Crippen LogP contribution is -2.49. The molecule has 0 saturated carbocycles. The van der Waals surface area contributed by atoms with Crippen molar-refractivity contribution >= 4 is 23.6 Å². The maximum absolute atomic E-state index is 13.7. The molecule has 190 valence electrons. The SMILES string of the molecule is Cc1cccc(C(C(=O)Nc2c(C)cccc2C)N(C(=O)CNC(=O)OC(C)(C)C)C(C)C)c1O. The van der Waals surface area contributed by atoms with Gasteiger partial charge in [0.2, 0.25) is 5.91 Å². The first-order chi connectivity index (χ1) is 16.2. The van der Waals surface area contributed by atoms with E-state index >= 15 is 0 Å². The largest absolute Gasteiger partial charge is 0.507 e. The van der Waals surface area contributed by atoms with E-state index in [9.17, 15) is 19.5 Å². The average molecular weight is 484 g/mol. The van der Waals surface area contributed by atoms with Gasteiger partial charge in [-0.2, -0.15) is 0 Å². The lowest BCUT2D eigenvalue weighted by Gasteiger charge is -2.35. The van der Waals surface area contributed by atoms with Crippen molar-refractivity contribution in [3.63, 3.8) is 0 Å². The molecule has 0 aromatic heterocycles. The number of nitrogens with one attached hydrogen (secondary N) is 2. The van der Waals surface area contributed by atoms with E-state index in [1.54, 1.807) is 59.7 Å². The van der Waals surface area contributed by atoms with Crippen molar-refractivity contribution in [1.82, 2.24) is 10.2 Å². The molecule has 3 amide bonds. The molecule has 1 unspecified atom stereocenters. The first-order valence-electron chi connectivity index (χ1n) is 11.7. The second kappa shape index (κ2) is 11.3. The first kappa shape index (κ1) is 27.7. The predicted molar refractivity (Wildman–Crippen MR) is 136 cm³/mol. The van der Waals surface area contributed by atoms with Gasteiger partial charge in [0.1, 0.15) is 23.9 Å². The minimum absolute atomic E-state index is 0.0623. The molecular formula is C27H37N3O5. The van der Waals surface area contributed by atoms with Gasteiger partial charge in [-0.15, -0.1) is 0 Å². The number of carbonyl (C=O) groups excluding carboxylic acids is 3. The molecule has 0 radical (unpaired) electrons. The van der Waals surface area contributed by atoms with Crippen molar-refractivity contribution in [2.45, 2.75) is 73.1 Å². The lowest BCUT2D eigenvalue weighted by atomic mass is 9.98. The van der Waals surface area contributed by atoms with Crippen LogP contribution in [0, 0.1) is 20.8 Å². The molecule has 0 bridgehead atoms. The number of para-hydroxylation sites is 2. The summed E-state index contributed by atoms with van der Waals surface area (Å²) in [5.74, 6) is -1.02. The Morgan fingerprint density at radius 2 is 1.51 bits per heavy atom. The molecule has 0 saturated heterocycles. The van der Waals surface area contributed by atoms with E-state index in [4.69, 9.17) is 4.74 Å². The molecule has 1 atom stereocenters. The smallest absolute Gasteiger partial charge is 0.408 e. The minimum atomic E-state index is -1.14. The molecule has 3 N–H and O–H groups in total. The zero-order valence-corrected chi connectivity index (χ0v) is 21.9. The highest BCUT2D eigenvalue weighted by molar-refractivity contribution is 5.99. The Labute approximate surface area is 207 Å². The Hall–Kier alpha value is -3.55. The summed E-state index contributed by atoms with van der Waals surface area (Å²) in [7, 11) is 0. The number of aryl methyl sites for hydroxylation is 3. The van der Waals surface area contributed by atoms with Gasteiger partial charge in [-0.1, -0.05) is 36.4 Å². The number of phenols is 1. The van der Waals surface area contributed by atoms with Gasteiger partial charge in [0.05, 0.1) is 0 Å². The number of carbonyl (C=O) groups is 3. The highest BCUT2D eigenvalue weighted by Gasteiger charge is 2.36. The van der Waals surface area contributed by atoms with E-state index in [1.165, 1.54) is 4.90 Å². The van der Waals surface area contributed by atoms with E-state index in [1.807, 2.05) is 32.0 Å². The van der Waals surface area contributed by atoms with Crippen molar-refractivity contribution in [2.24, 2.45) is 0 Å². The van der Waals surface area contributed by atoms with Gasteiger partial charge < -0.3 is 25.4 Å². The summed E-state index contributed by atoms with van der Waals surface area (Å²) in [4.78, 5) is 40.6. The molecule has 2 aromatic rings. The number of phenolic OH excluding ortho intramolecular Hbond substituents is 1. The van der Waals surface area contributed by atoms with E-state index in [2.05, 4.69) is 10.6 Å². The zero-order valence-electron chi connectivity index (χ0n) is 21.9. The fraction of sp³-hybridized carbons (Fsp3) is 0.444. The molecule has 2 rings (SSSR count). The summed E-state index contributed by atoms with van der Waals surface area (Å²) in [6.45, 7) is 13.9. The molecular weight excluding hydrogens is 446 g/mol. The van der Waals surface area contributed by atoms with Crippen LogP contribution in [0.5, 0.6) is 5.75 Å². The third-order valence-corrected chi connectivity index (χ3v) is 5.45. The molecule has 35 heavy (non-hydrogen) atoms. The number of aromatic hydroxyl groups is 1. The van der Waals surface area contributed by atoms with Crippen LogP contribution in [0.2, 0.25) is 0 Å². The number of ether oxygens (including phenoxy) is 1. The second-order valence-electron chi connectivity index (χ2n) is 9.92. The van der Waals surface area contributed by atoms with Gasteiger partial charge in [0, 0.05) is 17.3 Å². The van der Waals surface area contributed by atoms with Crippen LogP contribution in [0.25, 0.3) is 0 Å². The molecule has 2 aromatic carbocycles. The zero-order chi connectivity index (χ0) is 26.5. The molecule has 0 heterocycles. The highest BCUT2D eigenvalue weighted by atomic mass is 16.6. The average Bonchev–Trinajstić information content (AvgIpc) is 2.73.